The molecule has 4 nitrogen and oxygen atoms in total. The van der Waals surface area contributed by atoms with Gasteiger partial charge in [-0.25, -0.2) is 17.5 Å². The molecule has 0 radical (unpaired) electrons. The molecule has 0 saturated heterocycles. The Bertz CT molecular complexity index is 501. The molecule has 1 aromatic rings. The van der Waals surface area contributed by atoms with Crippen molar-refractivity contribution in [1.29, 1.82) is 0 Å². The normalized spacial score (nSPS) is 13.7. The van der Waals surface area contributed by atoms with E-state index in [1.807, 2.05) is 13.8 Å². The van der Waals surface area contributed by atoms with Crippen LogP contribution in [0.1, 0.15) is 20.8 Å². The molecule has 0 amide bonds. The van der Waals surface area contributed by atoms with E-state index < -0.39 is 15.8 Å². The van der Waals surface area contributed by atoms with Crippen LogP contribution in [-0.4, -0.2) is 39.0 Å². The Morgan fingerprint density at radius 3 is 2.37 bits per heavy atom. The van der Waals surface area contributed by atoms with Crippen LogP contribution in [0.3, 0.4) is 0 Å². The van der Waals surface area contributed by atoms with Gasteiger partial charge in [0, 0.05) is 12.6 Å². The van der Waals surface area contributed by atoms with Crippen molar-refractivity contribution in [2.45, 2.75) is 31.7 Å². The molecule has 1 N–H and O–H groups in total. The van der Waals surface area contributed by atoms with E-state index in [1.54, 1.807) is 6.92 Å². The number of benzene rings is 1. The highest BCUT2D eigenvalue weighted by molar-refractivity contribution is 7.89. The number of rotatable bonds is 7. The molecule has 0 aliphatic heterocycles. The number of likely N-dealkylation sites (N-methyl/N-ethyl adjacent to an activating group) is 1. The highest BCUT2D eigenvalue weighted by Gasteiger charge is 2.21. The molecule has 0 aromatic heterocycles. The van der Waals surface area contributed by atoms with E-state index in [9.17, 15) is 12.8 Å². The minimum absolute atomic E-state index is 0.274. The van der Waals surface area contributed by atoms with Gasteiger partial charge in [-0.3, -0.25) is 0 Å². The molecule has 0 heterocycles. The summed E-state index contributed by atoms with van der Waals surface area (Å²) in [6.45, 7) is 8.10. The molecule has 108 valence electrons. The highest BCUT2D eigenvalue weighted by atomic mass is 32.2. The summed E-state index contributed by atoms with van der Waals surface area (Å²) in [5.41, 5.74) is 0. The molecule has 0 aliphatic carbocycles. The zero-order valence-corrected chi connectivity index (χ0v) is 12.4. The molecule has 1 rings (SSSR count). The first-order chi connectivity index (χ1) is 8.90. The molecular weight excluding hydrogens is 267 g/mol. The van der Waals surface area contributed by atoms with Gasteiger partial charge in [-0.15, -0.1) is 0 Å². The van der Waals surface area contributed by atoms with Crippen LogP contribution in [0.25, 0.3) is 0 Å². The van der Waals surface area contributed by atoms with E-state index in [4.69, 9.17) is 0 Å². The van der Waals surface area contributed by atoms with E-state index in [0.29, 0.717) is 6.54 Å². The van der Waals surface area contributed by atoms with Crippen LogP contribution in [0.2, 0.25) is 0 Å². The van der Waals surface area contributed by atoms with Gasteiger partial charge in [0.05, 0.1) is 0 Å². The Labute approximate surface area is 114 Å². The van der Waals surface area contributed by atoms with Crippen LogP contribution in [0.5, 0.6) is 0 Å². The van der Waals surface area contributed by atoms with E-state index >= 15 is 0 Å². The maximum Gasteiger partial charge on any atom is 0.243 e. The summed E-state index contributed by atoms with van der Waals surface area (Å²) in [5.74, 6) is -0.731. The number of hydrogen-bond acceptors (Lipinski definition) is 3. The van der Waals surface area contributed by atoms with E-state index in [0.717, 1.165) is 19.2 Å². The van der Waals surface area contributed by atoms with Gasteiger partial charge in [-0.05, 0) is 32.1 Å². The average Bonchev–Trinajstić information content (AvgIpc) is 2.35. The fourth-order valence-corrected chi connectivity index (χ4v) is 3.21. The largest absolute Gasteiger partial charge is 0.302 e. The summed E-state index contributed by atoms with van der Waals surface area (Å²) in [6, 6.07) is 5.11. The molecule has 6 heteroatoms. The summed E-state index contributed by atoms with van der Waals surface area (Å²) in [7, 11) is -3.80. The third-order valence-corrected chi connectivity index (χ3v) is 4.53. The first kappa shape index (κ1) is 16.1. The second-order valence-corrected chi connectivity index (χ2v) is 6.12. The fraction of sp³-hybridized carbons (Fsp3) is 0.538. The lowest BCUT2D eigenvalue weighted by Gasteiger charge is -2.23. The molecule has 1 atom stereocenters. The van der Waals surface area contributed by atoms with Gasteiger partial charge in [0.25, 0.3) is 0 Å². The first-order valence-corrected chi connectivity index (χ1v) is 7.88. The summed E-state index contributed by atoms with van der Waals surface area (Å²) in [5, 5.41) is 0. The fourth-order valence-electron chi connectivity index (χ4n) is 1.90. The molecule has 0 spiro atoms. The van der Waals surface area contributed by atoms with Crippen LogP contribution >= 0.6 is 0 Å². The zero-order chi connectivity index (χ0) is 14.5. The smallest absolute Gasteiger partial charge is 0.243 e. The molecule has 0 fully saturated rings. The van der Waals surface area contributed by atoms with Crippen molar-refractivity contribution < 1.29 is 12.8 Å². The third-order valence-electron chi connectivity index (χ3n) is 2.91. The SMILES string of the molecule is CCN(CC)CC(C)NS(=O)(=O)c1ccccc1F. The van der Waals surface area contributed by atoms with Gasteiger partial charge >= 0.3 is 0 Å². The molecule has 1 unspecified atom stereocenters. The molecule has 1 aromatic carbocycles. The van der Waals surface area contributed by atoms with Gasteiger partial charge in [0.2, 0.25) is 10.0 Å². The predicted octanol–water partition coefficient (Wildman–Crippen LogP) is 1.83. The van der Waals surface area contributed by atoms with Crippen LogP contribution in [0, 0.1) is 5.82 Å². The maximum absolute atomic E-state index is 13.5. The maximum atomic E-state index is 13.5. The zero-order valence-electron chi connectivity index (χ0n) is 11.6. The van der Waals surface area contributed by atoms with Crippen molar-refractivity contribution in [2.24, 2.45) is 0 Å². The lowest BCUT2D eigenvalue weighted by Crippen LogP contribution is -2.42. The number of halogens is 1. The van der Waals surface area contributed by atoms with E-state index in [2.05, 4.69) is 9.62 Å². The summed E-state index contributed by atoms with van der Waals surface area (Å²) < 4.78 is 40.1. The number of nitrogens with one attached hydrogen (secondary N) is 1. The molecular formula is C13H21FN2O2S. The van der Waals surface area contributed by atoms with Gasteiger partial charge < -0.3 is 4.90 Å². The van der Waals surface area contributed by atoms with Crippen molar-refractivity contribution in [1.82, 2.24) is 9.62 Å². The second-order valence-electron chi connectivity index (χ2n) is 4.44. The Hall–Kier alpha value is -0.980. The topological polar surface area (TPSA) is 49.4 Å². The predicted molar refractivity (Wildman–Crippen MR) is 74.0 cm³/mol. The molecule has 0 bridgehead atoms. The minimum atomic E-state index is -3.80. The van der Waals surface area contributed by atoms with Gasteiger partial charge in [-0.2, -0.15) is 0 Å². The van der Waals surface area contributed by atoms with Crippen LogP contribution < -0.4 is 4.72 Å². The summed E-state index contributed by atoms with van der Waals surface area (Å²) in [6.07, 6.45) is 0. The first-order valence-electron chi connectivity index (χ1n) is 6.40. The van der Waals surface area contributed by atoms with E-state index in [-0.39, 0.29) is 10.9 Å². The van der Waals surface area contributed by atoms with Crippen molar-refractivity contribution in [2.75, 3.05) is 19.6 Å². The monoisotopic (exact) mass is 288 g/mol. The Kier molecular flexibility index (Phi) is 5.90. The van der Waals surface area contributed by atoms with Crippen molar-refractivity contribution >= 4 is 10.0 Å². The molecule has 0 saturated carbocycles. The second kappa shape index (κ2) is 6.98. The minimum Gasteiger partial charge on any atom is -0.302 e. The Balaban J connectivity index is 2.78. The van der Waals surface area contributed by atoms with Crippen molar-refractivity contribution in [3.05, 3.63) is 30.1 Å². The highest BCUT2D eigenvalue weighted by Crippen LogP contribution is 2.13. The van der Waals surface area contributed by atoms with Crippen LogP contribution in [0.15, 0.2) is 29.2 Å². The standard InChI is InChI=1S/C13H21FN2O2S/c1-4-16(5-2)10-11(3)15-19(17,18)13-9-7-6-8-12(13)14/h6-9,11,15H,4-5,10H2,1-3H3. The summed E-state index contributed by atoms with van der Waals surface area (Å²) in [4.78, 5) is 1.80. The van der Waals surface area contributed by atoms with Gasteiger partial charge in [-0.1, -0.05) is 26.0 Å². The molecule has 0 aliphatic rings. The quantitative estimate of drug-likeness (QED) is 0.833. The van der Waals surface area contributed by atoms with Crippen LogP contribution in [0.4, 0.5) is 4.39 Å². The third kappa shape index (κ3) is 4.56. The van der Waals surface area contributed by atoms with Gasteiger partial charge in [0.1, 0.15) is 10.7 Å². The number of hydrogen-bond donors (Lipinski definition) is 1. The number of nitrogens with zero attached hydrogens (tertiary/aromatic N) is 1. The number of sulfonamides is 1. The van der Waals surface area contributed by atoms with Crippen molar-refractivity contribution in [3.63, 3.8) is 0 Å². The van der Waals surface area contributed by atoms with Gasteiger partial charge in [0.15, 0.2) is 0 Å². The van der Waals surface area contributed by atoms with E-state index in [1.165, 1.54) is 18.2 Å². The summed E-state index contributed by atoms with van der Waals surface area (Å²) >= 11 is 0. The van der Waals surface area contributed by atoms with Crippen LogP contribution in [-0.2, 0) is 10.0 Å². The Morgan fingerprint density at radius 1 is 1.26 bits per heavy atom. The average molecular weight is 288 g/mol. The lowest BCUT2D eigenvalue weighted by atomic mass is 10.3. The molecule has 19 heavy (non-hydrogen) atoms. The Morgan fingerprint density at radius 2 is 1.84 bits per heavy atom. The van der Waals surface area contributed by atoms with Crippen molar-refractivity contribution in [3.8, 4) is 0 Å². The lowest BCUT2D eigenvalue weighted by molar-refractivity contribution is 0.282.